The second-order valence-corrected chi connectivity index (χ2v) is 9.32. The van der Waals surface area contributed by atoms with Crippen molar-refractivity contribution in [1.82, 2.24) is 0 Å². The van der Waals surface area contributed by atoms with Crippen LogP contribution < -0.4 is 20.9 Å². The summed E-state index contributed by atoms with van der Waals surface area (Å²) in [6.07, 6.45) is -1.35. The van der Waals surface area contributed by atoms with Gasteiger partial charge in [0.15, 0.2) is 12.5 Å². The number of hydrogen-bond acceptors (Lipinski definition) is 10. The topological polar surface area (TPSA) is 149 Å². The molecule has 11 heteroatoms. The molecule has 0 fully saturated rings. The Labute approximate surface area is 233 Å². The Hall–Kier alpha value is -3.47. The number of benzene rings is 2. The van der Waals surface area contributed by atoms with Gasteiger partial charge in [0.05, 0.1) is 25.9 Å². The van der Waals surface area contributed by atoms with Crippen molar-refractivity contribution in [2.75, 3.05) is 38.8 Å². The molecule has 4 N–H and O–H groups in total. The molecular weight excluding hydrogens is 528 g/mol. The van der Waals surface area contributed by atoms with Crippen LogP contribution in [-0.4, -0.2) is 68.9 Å². The lowest BCUT2D eigenvalue weighted by Crippen LogP contribution is -2.34. The van der Waals surface area contributed by atoms with Gasteiger partial charge < -0.3 is 35.2 Å². The van der Waals surface area contributed by atoms with Crippen molar-refractivity contribution in [1.29, 1.82) is 0 Å². The fourth-order valence-electron chi connectivity index (χ4n) is 3.43. The molecule has 0 spiro atoms. The second kappa shape index (κ2) is 15.8. The summed E-state index contributed by atoms with van der Waals surface area (Å²) in [6.45, 7) is 7.00. The van der Waals surface area contributed by atoms with Gasteiger partial charge in [-0.1, -0.05) is 38.1 Å². The summed E-state index contributed by atoms with van der Waals surface area (Å²) in [6, 6.07) is 15.1. The largest absolute Gasteiger partial charge is 0.490 e. The van der Waals surface area contributed by atoms with Gasteiger partial charge in [-0.3, -0.25) is 9.59 Å². The molecule has 2 unspecified atom stereocenters. The SMILES string of the molecule is [CH2+]CC(=O)OC(CCl)COc1ccc(C(C)(C)c2ccc(OCC(COC(=O)CN)OC(=O)CN)cc2)cc1. The maximum atomic E-state index is 11.6. The predicted molar refractivity (Wildman–Crippen MR) is 146 cm³/mol. The average Bonchev–Trinajstić information content (AvgIpc) is 2.96. The highest BCUT2D eigenvalue weighted by atomic mass is 35.5. The predicted octanol–water partition coefficient (Wildman–Crippen LogP) is 2.52. The number of halogens is 1. The van der Waals surface area contributed by atoms with E-state index < -0.39 is 30.1 Å². The molecule has 0 heterocycles. The number of carbonyl (C=O) groups is 3. The highest BCUT2D eigenvalue weighted by Crippen LogP contribution is 2.33. The number of carbonyl (C=O) groups excluding carboxylic acids is 3. The van der Waals surface area contributed by atoms with Crippen molar-refractivity contribution >= 4 is 29.5 Å². The Bertz CT molecular complexity index is 1060. The third kappa shape index (κ3) is 10.3. The highest BCUT2D eigenvalue weighted by molar-refractivity contribution is 6.18. The van der Waals surface area contributed by atoms with Crippen LogP contribution in [0.3, 0.4) is 0 Å². The van der Waals surface area contributed by atoms with Crippen LogP contribution in [0.1, 0.15) is 31.4 Å². The van der Waals surface area contributed by atoms with Gasteiger partial charge in [-0.05, 0) is 35.4 Å². The van der Waals surface area contributed by atoms with E-state index in [4.69, 9.17) is 46.8 Å². The van der Waals surface area contributed by atoms with Crippen molar-refractivity contribution in [3.8, 4) is 11.5 Å². The minimum atomic E-state index is -0.830. The lowest BCUT2D eigenvalue weighted by Gasteiger charge is -2.27. The maximum absolute atomic E-state index is 11.6. The molecule has 0 saturated carbocycles. The molecule has 10 nitrogen and oxygen atoms in total. The summed E-state index contributed by atoms with van der Waals surface area (Å²) in [4.78, 5) is 34.4. The first kappa shape index (κ1) is 31.7. The zero-order valence-corrected chi connectivity index (χ0v) is 23.0. The van der Waals surface area contributed by atoms with Crippen molar-refractivity contribution in [2.45, 2.75) is 37.9 Å². The number of rotatable bonds is 16. The van der Waals surface area contributed by atoms with Crippen LogP contribution in [0.4, 0.5) is 0 Å². The summed E-state index contributed by atoms with van der Waals surface area (Å²) in [5.41, 5.74) is 12.3. The van der Waals surface area contributed by atoms with E-state index in [1.165, 1.54) is 0 Å². The van der Waals surface area contributed by atoms with Crippen molar-refractivity contribution in [3.05, 3.63) is 66.6 Å². The number of ether oxygens (including phenoxy) is 5. The van der Waals surface area contributed by atoms with E-state index in [1.807, 2.05) is 48.5 Å². The van der Waals surface area contributed by atoms with Crippen LogP contribution in [0.2, 0.25) is 0 Å². The van der Waals surface area contributed by atoms with Crippen LogP contribution in [0.25, 0.3) is 0 Å². The minimum absolute atomic E-state index is 0.0291. The van der Waals surface area contributed by atoms with Crippen LogP contribution in [0.15, 0.2) is 48.5 Å². The van der Waals surface area contributed by atoms with E-state index in [-0.39, 0.29) is 50.6 Å². The Balaban J connectivity index is 1.99. The normalized spacial score (nSPS) is 12.6. The first-order valence-corrected chi connectivity index (χ1v) is 12.9. The molecule has 0 radical (unpaired) electrons. The van der Waals surface area contributed by atoms with E-state index in [0.29, 0.717) is 11.5 Å². The van der Waals surface area contributed by atoms with Crippen LogP contribution in [0.5, 0.6) is 11.5 Å². The molecule has 0 saturated heterocycles. The van der Waals surface area contributed by atoms with Gasteiger partial charge in [0.25, 0.3) is 0 Å². The molecule has 2 aromatic rings. The van der Waals surface area contributed by atoms with Gasteiger partial charge in [0.2, 0.25) is 0 Å². The van der Waals surface area contributed by atoms with E-state index in [9.17, 15) is 14.4 Å². The molecule has 2 aromatic carbocycles. The molecule has 0 aliphatic rings. The average molecular weight is 564 g/mol. The van der Waals surface area contributed by atoms with Crippen molar-refractivity contribution in [2.24, 2.45) is 11.5 Å². The number of esters is 3. The molecule has 39 heavy (non-hydrogen) atoms. The van der Waals surface area contributed by atoms with E-state index in [1.54, 1.807) is 0 Å². The molecule has 212 valence electrons. The molecule has 0 bridgehead atoms. The monoisotopic (exact) mass is 563 g/mol. The summed E-state index contributed by atoms with van der Waals surface area (Å²) in [5, 5.41) is 0. The van der Waals surface area contributed by atoms with Crippen LogP contribution in [0, 0.1) is 6.92 Å². The Morgan fingerprint density at radius 1 is 0.769 bits per heavy atom. The molecule has 0 aliphatic heterocycles. The first-order valence-electron chi connectivity index (χ1n) is 12.4. The Morgan fingerprint density at radius 3 is 1.67 bits per heavy atom. The summed E-state index contributed by atoms with van der Waals surface area (Å²) in [7, 11) is 0. The Morgan fingerprint density at radius 2 is 1.23 bits per heavy atom. The van der Waals surface area contributed by atoms with Gasteiger partial charge >= 0.3 is 17.9 Å². The van der Waals surface area contributed by atoms with Gasteiger partial charge in [0.1, 0.15) is 37.4 Å². The van der Waals surface area contributed by atoms with Crippen LogP contribution >= 0.6 is 11.6 Å². The van der Waals surface area contributed by atoms with E-state index >= 15 is 0 Å². The second-order valence-electron chi connectivity index (χ2n) is 9.02. The van der Waals surface area contributed by atoms with Crippen molar-refractivity contribution in [3.63, 3.8) is 0 Å². The molecule has 2 atom stereocenters. The lowest BCUT2D eigenvalue weighted by atomic mass is 9.78. The fourth-order valence-corrected chi connectivity index (χ4v) is 3.58. The lowest BCUT2D eigenvalue weighted by molar-refractivity contribution is -0.158. The van der Waals surface area contributed by atoms with Gasteiger partial charge in [0, 0.05) is 5.41 Å². The Kier molecular flexibility index (Phi) is 12.9. The van der Waals surface area contributed by atoms with Gasteiger partial charge in [-0.25, -0.2) is 4.79 Å². The summed E-state index contributed by atoms with van der Waals surface area (Å²) in [5.74, 6) is -0.396. The number of alkyl halides is 1. The number of nitrogens with two attached hydrogens (primary N) is 2. The zero-order chi connectivity index (χ0) is 28.8. The van der Waals surface area contributed by atoms with Gasteiger partial charge in [-0.2, -0.15) is 0 Å². The first-order chi connectivity index (χ1) is 18.6. The van der Waals surface area contributed by atoms with E-state index in [0.717, 1.165) is 11.1 Å². The van der Waals surface area contributed by atoms with E-state index in [2.05, 4.69) is 20.8 Å². The third-order valence-electron chi connectivity index (χ3n) is 5.76. The molecule has 0 amide bonds. The minimum Gasteiger partial charge on any atom is -0.490 e. The summed E-state index contributed by atoms with van der Waals surface area (Å²) >= 11 is 5.86. The molecular formula is C28H36ClN2O8+. The molecule has 2 rings (SSSR count). The zero-order valence-electron chi connectivity index (χ0n) is 22.2. The number of hydrogen-bond donors (Lipinski definition) is 2. The molecule has 0 aromatic heterocycles. The van der Waals surface area contributed by atoms with Crippen LogP contribution in [-0.2, 0) is 34.0 Å². The molecule has 0 aliphatic carbocycles. The maximum Gasteiger partial charge on any atom is 0.351 e. The standard InChI is InChI=1S/C28H36ClN2O8/c1-4-25(32)38-23(13-29)16-35-21-9-5-19(6-10-21)28(2,3)20-7-11-22(12-8-20)36-17-24(39-27(34)15-31)18-37-26(33)14-30/h5-12,23-24H,1,4,13-18,30-31H2,2-3H3/q+1. The third-order valence-corrected chi connectivity index (χ3v) is 6.10. The highest BCUT2D eigenvalue weighted by Gasteiger charge is 2.24. The summed E-state index contributed by atoms with van der Waals surface area (Å²) < 4.78 is 26.8. The smallest absolute Gasteiger partial charge is 0.351 e. The van der Waals surface area contributed by atoms with Gasteiger partial charge in [-0.15, -0.1) is 11.6 Å². The quantitative estimate of drug-likeness (QED) is 0.135. The van der Waals surface area contributed by atoms with Crippen molar-refractivity contribution < 1.29 is 38.1 Å². The fraction of sp³-hybridized carbons (Fsp3) is 0.429.